The number of amides is 1. The number of likely N-dealkylation sites (N-methyl/N-ethyl adjacent to an activating group) is 1. The number of ether oxygens (including phenoxy) is 1. The molecule has 2 aromatic carbocycles. The van der Waals surface area contributed by atoms with Gasteiger partial charge < -0.3 is 26.0 Å². The van der Waals surface area contributed by atoms with Gasteiger partial charge in [0.05, 0.1) is 12.8 Å². The molecule has 2 heterocycles. The second-order valence-corrected chi connectivity index (χ2v) is 7.75. The molecule has 0 fully saturated rings. The Morgan fingerprint density at radius 1 is 1.16 bits per heavy atom. The summed E-state index contributed by atoms with van der Waals surface area (Å²) in [6.07, 6.45) is 2.41. The molecular formula is C23H26N6O2. The highest BCUT2D eigenvalue weighted by Crippen LogP contribution is 2.33. The Hall–Kier alpha value is -3.65. The number of carbonyl (C=O) groups excluding carboxylic acids is 1. The van der Waals surface area contributed by atoms with E-state index in [1.54, 1.807) is 7.11 Å². The number of hydrogen-bond acceptors (Lipinski definition) is 7. The summed E-state index contributed by atoms with van der Waals surface area (Å²) >= 11 is 0. The predicted octanol–water partition coefficient (Wildman–Crippen LogP) is 3.37. The van der Waals surface area contributed by atoms with Crippen LogP contribution in [0.2, 0.25) is 0 Å². The van der Waals surface area contributed by atoms with Crippen molar-refractivity contribution < 1.29 is 9.53 Å². The number of carbonyl (C=O) groups is 1. The topological polar surface area (TPSA) is 105 Å². The van der Waals surface area contributed by atoms with Crippen LogP contribution in [0.3, 0.4) is 0 Å². The third kappa shape index (κ3) is 4.59. The van der Waals surface area contributed by atoms with Gasteiger partial charge in [0, 0.05) is 25.0 Å². The molecule has 160 valence electrons. The number of anilines is 4. The Morgan fingerprint density at radius 3 is 2.65 bits per heavy atom. The Labute approximate surface area is 181 Å². The van der Waals surface area contributed by atoms with Gasteiger partial charge in [0.2, 0.25) is 5.95 Å². The van der Waals surface area contributed by atoms with Crippen molar-refractivity contribution in [3.63, 3.8) is 0 Å². The molecular weight excluding hydrogens is 392 g/mol. The molecule has 8 nitrogen and oxygen atoms in total. The van der Waals surface area contributed by atoms with Crippen molar-refractivity contribution in [1.82, 2.24) is 14.9 Å². The maximum Gasteiger partial charge on any atom is 0.254 e. The number of benzene rings is 2. The van der Waals surface area contributed by atoms with E-state index >= 15 is 0 Å². The van der Waals surface area contributed by atoms with Gasteiger partial charge in [0.1, 0.15) is 17.1 Å². The number of nitrogens with two attached hydrogens (primary N) is 1. The Kier molecular flexibility index (Phi) is 5.73. The number of aromatic nitrogens is 2. The second kappa shape index (κ2) is 8.61. The fraction of sp³-hybridized carbons (Fsp3) is 0.261. The van der Waals surface area contributed by atoms with Crippen molar-refractivity contribution in [2.45, 2.75) is 19.9 Å². The van der Waals surface area contributed by atoms with Gasteiger partial charge in [0.25, 0.3) is 5.91 Å². The summed E-state index contributed by atoms with van der Waals surface area (Å²) < 4.78 is 5.59. The van der Waals surface area contributed by atoms with E-state index in [1.807, 2.05) is 31.2 Å². The molecule has 1 aromatic heterocycles. The molecule has 0 bridgehead atoms. The summed E-state index contributed by atoms with van der Waals surface area (Å²) in [7, 11) is 3.75. The van der Waals surface area contributed by atoms with E-state index in [2.05, 4.69) is 44.7 Å². The molecule has 0 atom stereocenters. The molecule has 4 rings (SSSR count). The van der Waals surface area contributed by atoms with E-state index in [-0.39, 0.29) is 5.56 Å². The first-order valence-electron chi connectivity index (χ1n) is 10.1. The van der Waals surface area contributed by atoms with E-state index in [9.17, 15) is 4.79 Å². The highest BCUT2D eigenvalue weighted by Gasteiger charge is 2.18. The number of hydrogen-bond donors (Lipinski definition) is 3. The second-order valence-electron chi connectivity index (χ2n) is 7.75. The average Bonchev–Trinajstić information content (AvgIpc) is 2.75. The molecule has 4 N–H and O–H groups in total. The first-order chi connectivity index (χ1) is 14.9. The summed E-state index contributed by atoms with van der Waals surface area (Å²) in [5.74, 6) is 0.794. The lowest BCUT2D eigenvalue weighted by Crippen LogP contribution is -2.26. The molecule has 0 spiro atoms. The summed E-state index contributed by atoms with van der Waals surface area (Å²) in [5.41, 5.74) is 11.0. The first-order valence-corrected chi connectivity index (χ1v) is 10.1. The standard InChI is InChI=1S/C23H26N6O2/c1-14-4-6-17(7-5-14)26-22-18(21(24)30)12-25-23(28-22)27-19-10-16-13-29(2)9-8-15(16)11-20(19)31-3/h4-7,10-12H,8-9,13H2,1-3H3,(H2,24,30)(H2,25,26,27,28). The van der Waals surface area contributed by atoms with Gasteiger partial charge in [-0.1, -0.05) is 17.7 Å². The fourth-order valence-corrected chi connectivity index (χ4v) is 3.61. The minimum Gasteiger partial charge on any atom is -0.495 e. The van der Waals surface area contributed by atoms with Crippen LogP contribution in [0.1, 0.15) is 27.0 Å². The lowest BCUT2D eigenvalue weighted by atomic mass is 9.99. The minimum atomic E-state index is -0.601. The molecule has 0 radical (unpaired) electrons. The number of rotatable bonds is 6. The molecule has 0 saturated heterocycles. The Balaban J connectivity index is 1.66. The van der Waals surface area contributed by atoms with Crippen LogP contribution in [0.5, 0.6) is 5.75 Å². The largest absolute Gasteiger partial charge is 0.495 e. The van der Waals surface area contributed by atoms with E-state index in [0.717, 1.165) is 42.2 Å². The average molecular weight is 419 g/mol. The molecule has 0 aliphatic carbocycles. The molecule has 1 aliphatic heterocycles. The smallest absolute Gasteiger partial charge is 0.254 e. The Morgan fingerprint density at radius 2 is 1.94 bits per heavy atom. The number of methoxy groups -OCH3 is 1. The number of nitrogens with zero attached hydrogens (tertiary/aromatic N) is 3. The van der Waals surface area contributed by atoms with Gasteiger partial charge in [-0.15, -0.1) is 0 Å². The fourth-order valence-electron chi connectivity index (χ4n) is 3.61. The number of fused-ring (bicyclic) bond motifs is 1. The van der Waals surface area contributed by atoms with Gasteiger partial charge in [-0.25, -0.2) is 4.98 Å². The SMILES string of the molecule is COc1cc2c(cc1Nc1ncc(C(N)=O)c(Nc3ccc(C)cc3)n1)CN(C)CC2. The predicted molar refractivity (Wildman–Crippen MR) is 121 cm³/mol. The quantitative estimate of drug-likeness (QED) is 0.564. The van der Waals surface area contributed by atoms with Crippen molar-refractivity contribution in [3.05, 3.63) is 64.8 Å². The molecule has 8 heteroatoms. The van der Waals surface area contributed by atoms with Gasteiger partial charge in [0.15, 0.2) is 0 Å². The maximum atomic E-state index is 11.9. The molecule has 1 amide bonds. The third-order valence-corrected chi connectivity index (χ3v) is 5.34. The number of nitrogens with one attached hydrogen (secondary N) is 2. The van der Waals surface area contributed by atoms with E-state index in [0.29, 0.717) is 11.8 Å². The Bertz CT molecular complexity index is 1110. The van der Waals surface area contributed by atoms with Crippen LogP contribution >= 0.6 is 0 Å². The highest BCUT2D eigenvalue weighted by molar-refractivity contribution is 5.98. The van der Waals surface area contributed by atoms with E-state index in [4.69, 9.17) is 10.5 Å². The minimum absolute atomic E-state index is 0.213. The number of primary amides is 1. The summed E-state index contributed by atoms with van der Waals surface area (Å²) in [4.78, 5) is 23.0. The van der Waals surface area contributed by atoms with E-state index in [1.165, 1.54) is 17.3 Å². The van der Waals surface area contributed by atoms with E-state index < -0.39 is 5.91 Å². The van der Waals surface area contributed by atoms with Crippen molar-refractivity contribution in [3.8, 4) is 5.75 Å². The lowest BCUT2D eigenvalue weighted by molar-refractivity contribution is 0.100. The van der Waals surface area contributed by atoms with Crippen LogP contribution in [0.4, 0.5) is 23.1 Å². The van der Waals surface area contributed by atoms with Crippen LogP contribution in [0.15, 0.2) is 42.6 Å². The lowest BCUT2D eigenvalue weighted by Gasteiger charge is -2.26. The summed E-state index contributed by atoms with van der Waals surface area (Å²) in [5, 5.41) is 6.39. The van der Waals surface area contributed by atoms with Crippen molar-refractivity contribution in [2.75, 3.05) is 31.3 Å². The normalized spacial score (nSPS) is 13.4. The summed E-state index contributed by atoms with van der Waals surface area (Å²) in [6.45, 7) is 3.90. The zero-order valence-corrected chi connectivity index (χ0v) is 17.9. The van der Waals surface area contributed by atoms with Crippen molar-refractivity contribution in [2.24, 2.45) is 5.73 Å². The highest BCUT2D eigenvalue weighted by atomic mass is 16.5. The molecule has 3 aromatic rings. The number of aryl methyl sites for hydroxylation is 1. The maximum absolute atomic E-state index is 11.9. The zero-order chi connectivity index (χ0) is 22.0. The molecule has 0 saturated carbocycles. The van der Waals surface area contributed by atoms with Crippen molar-refractivity contribution >= 4 is 29.0 Å². The third-order valence-electron chi connectivity index (χ3n) is 5.34. The molecule has 0 unspecified atom stereocenters. The summed E-state index contributed by atoms with van der Waals surface area (Å²) in [6, 6.07) is 11.9. The van der Waals surface area contributed by atoms with Crippen LogP contribution in [0.25, 0.3) is 0 Å². The van der Waals surface area contributed by atoms with Gasteiger partial charge >= 0.3 is 0 Å². The van der Waals surface area contributed by atoms with Crippen LogP contribution in [-0.4, -0.2) is 41.5 Å². The first kappa shape index (κ1) is 20.6. The van der Waals surface area contributed by atoms with Crippen LogP contribution in [-0.2, 0) is 13.0 Å². The van der Waals surface area contributed by atoms with Gasteiger partial charge in [-0.05, 0) is 55.8 Å². The molecule has 31 heavy (non-hydrogen) atoms. The van der Waals surface area contributed by atoms with Gasteiger partial charge in [-0.3, -0.25) is 4.79 Å². The van der Waals surface area contributed by atoms with Crippen molar-refractivity contribution in [1.29, 1.82) is 0 Å². The zero-order valence-electron chi connectivity index (χ0n) is 17.9. The van der Waals surface area contributed by atoms with Crippen LogP contribution < -0.4 is 21.1 Å². The van der Waals surface area contributed by atoms with Gasteiger partial charge in [-0.2, -0.15) is 4.98 Å². The molecule has 1 aliphatic rings. The van der Waals surface area contributed by atoms with Crippen LogP contribution in [0, 0.1) is 6.92 Å². The monoisotopic (exact) mass is 418 g/mol.